The Labute approximate surface area is 231 Å². The fraction of sp³-hybridized carbons (Fsp3) is 0.290. The number of anilines is 1. The summed E-state index contributed by atoms with van der Waals surface area (Å²) in [6.07, 6.45) is 0.456. The average molecular weight is 542 g/mol. The predicted molar refractivity (Wildman–Crippen MR) is 154 cm³/mol. The van der Waals surface area contributed by atoms with Gasteiger partial charge in [-0.25, -0.2) is 4.79 Å². The van der Waals surface area contributed by atoms with Gasteiger partial charge in [-0.15, -0.1) is 11.3 Å². The lowest BCUT2D eigenvalue weighted by atomic mass is 9.99. The molecule has 1 amide bonds. The van der Waals surface area contributed by atoms with E-state index in [-0.39, 0.29) is 5.91 Å². The van der Waals surface area contributed by atoms with Gasteiger partial charge in [0.15, 0.2) is 11.5 Å². The molecule has 0 saturated heterocycles. The monoisotopic (exact) mass is 541 g/mol. The van der Waals surface area contributed by atoms with Gasteiger partial charge < -0.3 is 20.1 Å². The Hall–Kier alpha value is -3.88. The minimum Gasteiger partial charge on any atom is -0.490 e. The molecule has 1 atom stereocenters. The molecule has 0 fully saturated rings. The topological polar surface area (TPSA) is 79.9 Å². The SMILES string of the molecule is CCOc1cc([C@@H]2NC(=O)c3c(sc4c3CCN(C(C)C)C4)N2)ccc1OC(=O)c1cccc2ccccc12. The minimum atomic E-state index is -0.450. The van der Waals surface area contributed by atoms with Gasteiger partial charge in [0.25, 0.3) is 5.91 Å². The molecular formula is C31H31N3O4S. The fourth-order valence-corrected chi connectivity index (χ4v) is 6.66. The first-order valence-corrected chi connectivity index (χ1v) is 14.2. The highest BCUT2D eigenvalue weighted by Crippen LogP contribution is 2.42. The minimum absolute atomic E-state index is 0.0614. The molecule has 2 aliphatic rings. The van der Waals surface area contributed by atoms with Crippen LogP contribution in [0.25, 0.3) is 10.8 Å². The maximum atomic E-state index is 13.2. The Balaban J connectivity index is 1.26. The summed E-state index contributed by atoms with van der Waals surface area (Å²) in [5, 5.41) is 9.35. The molecule has 39 heavy (non-hydrogen) atoms. The van der Waals surface area contributed by atoms with Crippen molar-refractivity contribution in [3.05, 3.63) is 87.8 Å². The maximum Gasteiger partial charge on any atom is 0.344 e. The number of hydrogen-bond donors (Lipinski definition) is 2. The van der Waals surface area contributed by atoms with Gasteiger partial charge in [0, 0.05) is 24.0 Å². The van der Waals surface area contributed by atoms with Crippen LogP contribution in [0.1, 0.15) is 63.7 Å². The molecule has 3 aromatic carbocycles. The van der Waals surface area contributed by atoms with Crippen molar-refractivity contribution in [2.45, 2.75) is 45.9 Å². The van der Waals surface area contributed by atoms with E-state index < -0.39 is 12.1 Å². The van der Waals surface area contributed by atoms with Crippen LogP contribution in [-0.2, 0) is 13.0 Å². The second-order valence-electron chi connectivity index (χ2n) is 10.1. The van der Waals surface area contributed by atoms with Gasteiger partial charge in [0.2, 0.25) is 0 Å². The molecule has 2 aliphatic heterocycles. The summed E-state index contributed by atoms with van der Waals surface area (Å²) < 4.78 is 11.7. The molecule has 8 heteroatoms. The normalized spacial score (nSPS) is 16.8. The lowest BCUT2D eigenvalue weighted by Gasteiger charge is -2.31. The van der Waals surface area contributed by atoms with Gasteiger partial charge in [0.05, 0.1) is 17.7 Å². The quantitative estimate of drug-likeness (QED) is 0.226. The zero-order valence-corrected chi connectivity index (χ0v) is 23.1. The van der Waals surface area contributed by atoms with Crippen molar-refractivity contribution in [3.8, 4) is 11.5 Å². The van der Waals surface area contributed by atoms with Gasteiger partial charge >= 0.3 is 5.97 Å². The number of nitrogens with zero attached hydrogens (tertiary/aromatic N) is 1. The van der Waals surface area contributed by atoms with E-state index in [2.05, 4.69) is 29.4 Å². The third-order valence-electron chi connectivity index (χ3n) is 7.41. The lowest BCUT2D eigenvalue weighted by Crippen LogP contribution is -2.39. The number of carbonyl (C=O) groups excluding carboxylic acids is 2. The van der Waals surface area contributed by atoms with Crippen molar-refractivity contribution < 1.29 is 19.1 Å². The zero-order valence-electron chi connectivity index (χ0n) is 22.2. The van der Waals surface area contributed by atoms with Crippen molar-refractivity contribution in [2.24, 2.45) is 0 Å². The van der Waals surface area contributed by atoms with Crippen LogP contribution in [0.3, 0.4) is 0 Å². The lowest BCUT2D eigenvalue weighted by molar-refractivity contribution is 0.0730. The summed E-state index contributed by atoms with van der Waals surface area (Å²) in [6, 6.07) is 19.2. The number of rotatable bonds is 6. The number of ether oxygens (including phenoxy) is 2. The number of hydrogen-bond acceptors (Lipinski definition) is 7. The first kappa shape index (κ1) is 25.4. The molecule has 200 valence electrons. The van der Waals surface area contributed by atoms with Crippen LogP contribution in [0.4, 0.5) is 5.00 Å². The summed E-state index contributed by atoms with van der Waals surface area (Å²) in [5.41, 5.74) is 3.25. The van der Waals surface area contributed by atoms with E-state index in [1.165, 1.54) is 10.4 Å². The molecular weight excluding hydrogens is 510 g/mol. The van der Waals surface area contributed by atoms with E-state index in [4.69, 9.17) is 9.47 Å². The number of nitrogens with one attached hydrogen (secondary N) is 2. The van der Waals surface area contributed by atoms with E-state index in [0.717, 1.165) is 46.4 Å². The standard InChI is InChI=1S/C31H31N3O4S/c1-4-37-25-16-20(12-13-24(25)38-31(36)22-11-7-9-19-8-5-6-10-21(19)22)28-32-29(35)27-23-14-15-34(18(2)3)17-26(23)39-30(27)33-28/h5-13,16,18,28,33H,4,14-15,17H2,1-3H3,(H,32,35)/t28-/m1/s1. The van der Waals surface area contributed by atoms with Crippen LogP contribution in [-0.4, -0.2) is 36.0 Å². The molecule has 0 radical (unpaired) electrons. The molecule has 0 saturated carbocycles. The Kier molecular flexibility index (Phi) is 6.74. The van der Waals surface area contributed by atoms with E-state index in [1.54, 1.807) is 23.5 Å². The third-order valence-corrected chi connectivity index (χ3v) is 8.56. The number of benzene rings is 3. The molecule has 2 N–H and O–H groups in total. The Bertz CT molecular complexity index is 1570. The summed E-state index contributed by atoms with van der Waals surface area (Å²) >= 11 is 1.67. The smallest absolute Gasteiger partial charge is 0.344 e. The van der Waals surface area contributed by atoms with E-state index in [9.17, 15) is 9.59 Å². The van der Waals surface area contributed by atoms with Crippen LogP contribution in [0.5, 0.6) is 11.5 Å². The highest BCUT2D eigenvalue weighted by atomic mass is 32.1. The van der Waals surface area contributed by atoms with Crippen molar-refractivity contribution in [1.82, 2.24) is 10.2 Å². The largest absolute Gasteiger partial charge is 0.490 e. The van der Waals surface area contributed by atoms with E-state index >= 15 is 0 Å². The number of amides is 1. The van der Waals surface area contributed by atoms with Crippen LogP contribution in [0.2, 0.25) is 0 Å². The number of fused-ring (bicyclic) bond motifs is 4. The van der Waals surface area contributed by atoms with Gasteiger partial charge in [-0.2, -0.15) is 0 Å². The number of carbonyl (C=O) groups is 2. The zero-order chi connectivity index (χ0) is 27.1. The Morgan fingerprint density at radius 3 is 2.72 bits per heavy atom. The highest BCUT2D eigenvalue weighted by molar-refractivity contribution is 7.16. The van der Waals surface area contributed by atoms with Crippen LogP contribution in [0, 0.1) is 0 Å². The molecule has 0 bridgehead atoms. The van der Waals surface area contributed by atoms with Crippen LogP contribution in [0.15, 0.2) is 60.7 Å². The van der Waals surface area contributed by atoms with E-state index in [1.807, 2.05) is 55.5 Å². The van der Waals surface area contributed by atoms with Gasteiger partial charge in [-0.3, -0.25) is 9.69 Å². The van der Waals surface area contributed by atoms with Crippen molar-refractivity contribution in [1.29, 1.82) is 0 Å². The molecule has 0 unspecified atom stereocenters. The first-order valence-electron chi connectivity index (χ1n) is 13.4. The Morgan fingerprint density at radius 1 is 1.08 bits per heavy atom. The maximum absolute atomic E-state index is 13.2. The number of thiophene rings is 1. The van der Waals surface area contributed by atoms with Crippen molar-refractivity contribution >= 4 is 39.0 Å². The van der Waals surface area contributed by atoms with E-state index in [0.29, 0.717) is 29.7 Å². The second-order valence-corrected chi connectivity index (χ2v) is 11.2. The second kappa shape index (κ2) is 10.4. The van der Waals surface area contributed by atoms with Gasteiger partial charge in [-0.05, 0) is 67.3 Å². The summed E-state index contributed by atoms with van der Waals surface area (Å²) in [4.78, 5) is 30.1. The molecule has 7 nitrogen and oxygen atoms in total. The van der Waals surface area contributed by atoms with Gasteiger partial charge in [-0.1, -0.05) is 42.5 Å². The molecule has 4 aromatic rings. The first-order chi connectivity index (χ1) is 18.9. The van der Waals surface area contributed by atoms with Crippen LogP contribution >= 0.6 is 11.3 Å². The summed E-state index contributed by atoms with van der Waals surface area (Å²) in [7, 11) is 0. The fourth-order valence-electron chi connectivity index (χ4n) is 5.36. The summed E-state index contributed by atoms with van der Waals surface area (Å²) in [6.45, 7) is 8.53. The average Bonchev–Trinajstić information content (AvgIpc) is 3.32. The van der Waals surface area contributed by atoms with Gasteiger partial charge in [0.1, 0.15) is 11.2 Å². The summed E-state index contributed by atoms with van der Waals surface area (Å²) in [5.74, 6) is 0.271. The number of esters is 1. The molecule has 0 aliphatic carbocycles. The molecule has 3 heterocycles. The Morgan fingerprint density at radius 2 is 1.90 bits per heavy atom. The van der Waals surface area contributed by atoms with Crippen molar-refractivity contribution in [3.63, 3.8) is 0 Å². The molecule has 6 rings (SSSR count). The van der Waals surface area contributed by atoms with Crippen LogP contribution < -0.4 is 20.1 Å². The highest BCUT2D eigenvalue weighted by Gasteiger charge is 2.34. The molecule has 0 spiro atoms. The third kappa shape index (κ3) is 4.75. The van der Waals surface area contributed by atoms with Crippen molar-refractivity contribution in [2.75, 3.05) is 18.5 Å². The molecule has 1 aromatic heterocycles. The predicted octanol–water partition coefficient (Wildman–Crippen LogP) is 6.14.